The molecule has 0 fully saturated rings. The van der Waals surface area contributed by atoms with Crippen LogP contribution in [0.3, 0.4) is 0 Å². The van der Waals surface area contributed by atoms with Gasteiger partial charge in [-0.25, -0.2) is 4.39 Å². The summed E-state index contributed by atoms with van der Waals surface area (Å²) >= 11 is 3.37. The van der Waals surface area contributed by atoms with Gasteiger partial charge in [0.25, 0.3) is 5.91 Å². The second-order valence-electron chi connectivity index (χ2n) is 4.77. The summed E-state index contributed by atoms with van der Waals surface area (Å²) in [5, 5.41) is 2.71. The highest BCUT2D eigenvalue weighted by Crippen LogP contribution is 2.38. The van der Waals surface area contributed by atoms with E-state index in [-0.39, 0.29) is 11.3 Å². The number of carbonyl (C=O) groups excluding carboxylic acids is 1. The Hall–Kier alpha value is -2.28. The van der Waals surface area contributed by atoms with Crippen molar-refractivity contribution in [3.63, 3.8) is 0 Å². The van der Waals surface area contributed by atoms with Gasteiger partial charge in [-0.3, -0.25) is 4.79 Å². The highest BCUT2D eigenvalue weighted by Gasteiger charge is 2.18. The van der Waals surface area contributed by atoms with Crippen LogP contribution in [0.2, 0.25) is 0 Å². The van der Waals surface area contributed by atoms with Crippen molar-refractivity contribution in [1.29, 1.82) is 0 Å². The van der Waals surface area contributed by atoms with Crippen LogP contribution < -0.4 is 19.5 Å². The first-order chi connectivity index (χ1) is 11.1. The van der Waals surface area contributed by atoms with Crippen molar-refractivity contribution in [1.82, 2.24) is 0 Å². The number of rotatable bonds is 3. The molecule has 1 aliphatic heterocycles. The molecule has 0 atom stereocenters. The molecule has 2 aromatic carbocycles. The number of anilines is 1. The molecule has 0 aliphatic carbocycles. The lowest BCUT2D eigenvalue weighted by atomic mass is 10.1. The molecule has 1 amide bonds. The molecular formula is C16H13BrFNO4. The molecule has 5 nitrogen and oxygen atoms in total. The molecule has 1 heterocycles. The lowest BCUT2D eigenvalue weighted by Crippen LogP contribution is -2.17. The summed E-state index contributed by atoms with van der Waals surface area (Å²) in [5.41, 5.74) is 0.597. The molecule has 1 N–H and O–H groups in total. The SMILES string of the molecule is COc1ccc(F)cc1C(=O)Nc1cc2c(cc1Br)OCCO2. The standard InChI is InChI=1S/C16H13BrFNO4/c1-21-13-3-2-9(18)6-10(13)16(20)19-12-8-15-14(7-11(12)17)22-4-5-23-15/h2-3,6-8H,4-5H2,1H3,(H,19,20). The maximum atomic E-state index is 13.4. The van der Waals surface area contributed by atoms with Crippen LogP contribution in [0.15, 0.2) is 34.8 Å². The van der Waals surface area contributed by atoms with E-state index >= 15 is 0 Å². The van der Waals surface area contributed by atoms with Crippen molar-refractivity contribution >= 4 is 27.5 Å². The minimum absolute atomic E-state index is 0.106. The van der Waals surface area contributed by atoms with E-state index in [2.05, 4.69) is 21.2 Å². The Balaban J connectivity index is 1.90. The fourth-order valence-electron chi connectivity index (χ4n) is 2.21. The summed E-state index contributed by atoms with van der Waals surface area (Å²) < 4.78 is 30.1. The summed E-state index contributed by atoms with van der Waals surface area (Å²) in [7, 11) is 1.42. The number of fused-ring (bicyclic) bond motifs is 1. The fraction of sp³-hybridized carbons (Fsp3) is 0.188. The van der Waals surface area contributed by atoms with Crippen LogP contribution in [-0.4, -0.2) is 26.2 Å². The number of hydrogen-bond donors (Lipinski definition) is 1. The second kappa shape index (κ2) is 6.45. The van der Waals surface area contributed by atoms with Crippen molar-refractivity contribution in [3.05, 3.63) is 46.2 Å². The average molecular weight is 382 g/mol. The van der Waals surface area contributed by atoms with E-state index < -0.39 is 11.7 Å². The van der Waals surface area contributed by atoms with Crippen molar-refractivity contribution in [3.8, 4) is 17.2 Å². The zero-order valence-corrected chi connectivity index (χ0v) is 13.8. The Morgan fingerprint density at radius 3 is 2.61 bits per heavy atom. The van der Waals surface area contributed by atoms with Crippen LogP contribution in [-0.2, 0) is 0 Å². The Morgan fingerprint density at radius 1 is 1.22 bits per heavy atom. The molecule has 0 radical (unpaired) electrons. The molecule has 0 unspecified atom stereocenters. The molecule has 120 valence electrons. The Bertz CT molecular complexity index is 766. The number of amides is 1. The molecule has 7 heteroatoms. The largest absolute Gasteiger partial charge is 0.496 e. The molecule has 0 saturated heterocycles. The van der Waals surface area contributed by atoms with Crippen LogP contribution in [0.4, 0.5) is 10.1 Å². The van der Waals surface area contributed by atoms with Crippen molar-refractivity contribution in [2.75, 3.05) is 25.6 Å². The molecule has 3 rings (SSSR count). The quantitative estimate of drug-likeness (QED) is 0.881. The minimum atomic E-state index is -0.516. The summed E-state index contributed by atoms with van der Waals surface area (Å²) in [6.45, 7) is 0.922. The van der Waals surface area contributed by atoms with Crippen molar-refractivity contribution in [2.45, 2.75) is 0 Å². The molecular weight excluding hydrogens is 369 g/mol. The smallest absolute Gasteiger partial charge is 0.259 e. The maximum Gasteiger partial charge on any atom is 0.259 e. The molecule has 23 heavy (non-hydrogen) atoms. The zero-order chi connectivity index (χ0) is 16.4. The number of benzene rings is 2. The molecule has 0 saturated carbocycles. The van der Waals surface area contributed by atoms with E-state index in [9.17, 15) is 9.18 Å². The Kier molecular flexibility index (Phi) is 4.38. The third-order valence-corrected chi connectivity index (χ3v) is 3.94. The lowest BCUT2D eigenvalue weighted by Gasteiger charge is -2.20. The van der Waals surface area contributed by atoms with Crippen LogP contribution in [0.5, 0.6) is 17.2 Å². The summed E-state index contributed by atoms with van der Waals surface area (Å²) in [4.78, 5) is 12.4. The van der Waals surface area contributed by atoms with E-state index in [1.807, 2.05) is 0 Å². The van der Waals surface area contributed by atoms with Gasteiger partial charge in [0, 0.05) is 16.6 Å². The number of halogens is 2. The van der Waals surface area contributed by atoms with E-state index in [0.717, 1.165) is 6.07 Å². The molecule has 0 spiro atoms. The summed E-state index contributed by atoms with van der Waals surface area (Å²) in [6, 6.07) is 7.13. The predicted octanol–water partition coefficient (Wildman–Crippen LogP) is 3.62. The predicted molar refractivity (Wildman–Crippen MR) is 86.0 cm³/mol. The number of hydrogen-bond acceptors (Lipinski definition) is 4. The summed E-state index contributed by atoms with van der Waals surface area (Å²) in [5.74, 6) is 0.430. The third kappa shape index (κ3) is 3.24. The molecule has 1 aliphatic rings. The number of methoxy groups -OCH3 is 1. The van der Waals surface area contributed by atoms with Gasteiger partial charge in [0.05, 0.1) is 18.4 Å². The van der Waals surface area contributed by atoms with Gasteiger partial charge in [0.15, 0.2) is 11.5 Å². The monoisotopic (exact) mass is 381 g/mol. The normalized spacial score (nSPS) is 12.7. The van der Waals surface area contributed by atoms with E-state index in [4.69, 9.17) is 14.2 Å². The van der Waals surface area contributed by atoms with Gasteiger partial charge in [-0.1, -0.05) is 0 Å². The fourth-order valence-corrected chi connectivity index (χ4v) is 2.63. The third-order valence-electron chi connectivity index (χ3n) is 3.29. The van der Waals surface area contributed by atoms with Crippen LogP contribution in [0.1, 0.15) is 10.4 Å². The topological polar surface area (TPSA) is 56.8 Å². The van der Waals surface area contributed by atoms with Crippen molar-refractivity contribution in [2.24, 2.45) is 0 Å². The lowest BCUT2D eigenvalue weighted by molar-refractivity contribution is 0.102. The van der Waals surface area contributed by atoms with Gasteiger partial charge < -0.3 is 19.5 Å². The zero-order valence-electron chi connectivity index (χ0n) is 12.2. The highest BCUT2D eigenvalue weighted by atomic mass is 79.9. The number of nitrogens with one attached hydrogen (secondary N) is 1. The molecule has 0 aromatic heterocycles. The number of ether oxygens (including phenoxy) is 3. The van der Waals surface area contributed by atoms with E-state index in [1.54, 1.807) is 12.1 Å². The average Bonchev–Trinajstić information content (AvgIpc) is 2.55. The van der Waals surface area contributed by atoms with Gasteiger partial charge in [0.2, 0.25) is 0 Å². The molecule has 2 aromatic rings. The van der Waals surface area contributed by atoms with Crippen LogP contribution >= 0.6 is 15.9 Å². The first-order valence-corrected chi connectivity index (χ1v) is 7.62. The van der Waals surface area contributed by atoms with E-state index in [0.29, 0.717) is 34.9 Å². The first kappa shape index (κ1) is 15.6. The Morgan fingerprint density at radius 2 is 1.91 bits per heavy atom. The van der Waals surface area contributed by atoms with Gasteiger partial charge >= 0.3 is 0 Å². The first-order valence-electron chi connectivity index (χ1n) is 6.82. The van der Waals surface area contributed by atoms with Gasteiger partial charge in [-0.2, -0.15) is 0 Å². The number of carbonyl (C=O) groups is 1. The minimum Gasteiger partial charge on any atom is -0.496 e. The van der Waals surface area contributed by atoms with Crippen LogP contribution in [0, 0.1) is 5.82 Å². The van der Waals surface area contributed by atoms with E-state index in [1.165, 1.54) is 19.2 Å². The molecule has 0 bridgehead atoms. The second-order valence-corrected chi connectivity index (χ2v) is 5.63. The Labute approximate surface area is 140 Å². The van der Waals surface area contributed by atoms with Gasteiger partial charge in [-0.15, -0.1) is 0 Å². The van der Waals surface area contributed by atoms with Gasteiger partial charge in [0.1, 0.15) is 24.8 Å². The van der Waals surface area contributed by atoms with Crippen molar-refractivity contribution < 1.29 is 23.4 Å². The maximum absolute atomic E-state index is 13.4. The van der Waals surface area contributed by atoms with Gasteiger partial charge in [-0.05, 0) is 34.1 Å². The summed E-state index contributed by atoms with van der Waals surface area (Å²) in [6.07, 6.45) is 0. The highest BCUT2D eigenvalue weighted by molar-refractivity contribution is 9.10. The van der Waals surface area contributed by atoms with Crippen LogP contribution in [0.25, 0.3) is 0 Å².